The number of rotatable bonds is 4. The molecule has 1 heterocycles. The fourth-order valence-electron chi connectivity index (χ4n) is 2.62. The number of benzene rings is 1. The van der Waals surface area contributed by atoms with Gasteiger partial charge in [0.2, 0.25) is 0 Å². The van der Waals surface area contributed by atoms with Gasteiger partial charge >= 0.3 is 6.18 Å². The predicted octanol–water partition coefficient (Wildman–Crippen LogP) is 3.39. The van der Waals surface area contributed by atoms with Crippen LogP contribution in [-0.4, -0.2) is 36.5 Å². The van der Waals surface area contributed by atoms with Crippen molar-refractivity contribution in [2.24, 2.45) is 11.8 Å². The fraction of sp³-hybridized carbons (Fsp3) is 0.533. The van der Waals surface area contributed by atoms with E-state index in [1.165, 1.54) is 0 Å². The van der Waals surface area contributed by atoms with Crippen LogP contribution in [0.5, 0.6) is 0 Å². The van der Waals surface area contributed by atoms with Crippen molar-refractivity contribution in [3.8, 4) is 0 Å². The van der Waals surface area contributed by atoms with Crippen LogP contribution in [0.1, 0.15) is 23.7 Å². The Bertz CT molecular complexity index is 458. The van der Waals surface area contributed by atoms with Gasteiger partial charge < -0.3 is 4.90 Å². The Morgan fingerprint density at radius 1 is 1.35 bits per heavy atom. The van der Waals surface area contributed by atoms with Crippen molar-refractivity contribution in [3.63, 3.8) is 0 Å². The maximum Gasteiger partial charge on any atom is 0.393 e. The maximum atomic E-state index is 12.6. The van der Waals surface area contributed by atoms with Crippen LogP contribution in [0.4, 0.5) is 13.2 Å². The third-order valence-electron chi connectivity index (χ3n) is 3.77. The standard InChI is InChI=1S/C15H18F3NO/c1-11(14(20)12-5-3-2-4-6-12)9-19-8-7-13(10-19)15(16,17)18/h2-6,11,13H,7-10H2,1H3. The Morgan fingerprint density at radius 2 is 2.00 bits per heavy atom. The zero-order chi connectivity index (χ0) is 14.8. The van der Waals surface area contributed by atoms with Gasteiger partial charge in [-0.25, -0.2) is 0 Å². The highest BCUT2D eigenvalue weighted by Crippen LogP contribution is 2.33. The smallest absolute Gasteiger partial charge is 0.302 e. The van der Waals surface area contributed by atoms with E-state index in [9.17, 15) is 18.0 Å². The Kier molecular flexibility index (Phi) is 4.48. The molecule has 1 saturated heterocycles. The molecule has 1 aromatic carbocycles. The Hall–Kier alpha value is -1.36. The van der Waals surface area contributed by atoms with E-state index in [1.54, 1.807) is 36.1 Å². The van der Waals surface area contributed by atoms with Gasteiger partial charge in [0.15, 0.2) is 5.78 Å². The van der Waals surface area contributed by atoms with E-state index >= 15 is 0 Å². The van der Waals surface area contributed by atoms with Gasteiger partial charge in [0.1, 0.15) is 0 Å². The zero-order valence-electron chi connectivity index (χ0n) is 11.4. The van der Waals surface area contributed by atoms with Crippen LogP contribution in [0, 0.1) is 11.8 Å². The number of carbonyl (C=O) groups is 1. The number of alkyl halides is 3. The first-order valence-corrected chi connectivity index (χ1v) is 6.76. The fourth-order valence-corrected chi connectivity index (χ4v) is 2.62. The number of nitrogens with zero attached hydrogens (tertiary/aromatic N) is 1. The molecule has 0 saturated carbocycles. The molecule has 2 atom stereocenters. The number of hydrogen-bond acceptors (Lipinski definition) is 2. The van der Waals surface area contributed by atoms with Gasteiger partial charge in [-0.1, -0.05) is 37.3 Å². The molecule has 2 nitrogen and oxygen atoms in total. The Balaban J connectivity index is 1.90. The molecule has 0 aromatic heterocycles. The Morgan fingerprint density at radius 3 is 2.55 bits per heavy atom. The lowest BCUT2D eigenvalue weighted by Crippen LogP contribution is -2.32. The number of ketones is 1. The minimum absolute atomic E-state index is 0.00983. The first-order chi connectivity index (χ1) is 9.38. The van der Waals surface area contributed by atoms with Crippen molar-refractivity contribution in [3.05, 3.63) is 35.9 Å². The SMILES string of the molecule is CC(CN1CCC(C(F)(F)F)C1)C(=O)c1ccccc1. The van der Waals surface area contributed by atoms with Crippen LogP contribution in [0.3, 0.4) is 0 Å². The third-order valence-corrected chi connectivity index (χ3v) is 3.77. The second-order valence-corrected chi connectivity index (χ2v) is 5.42. The van der Waals surface area contributed by atoms with Crippen molar-refractivity contribution >= 4 is 5.78 Å². The number of Topliss-reactive ketones (excluding diaryl/α,β-unsaturated/α-hetero) is 1. The molecule has 110 valence electrons. The summed E-state index contributed by atoms with van der Waals surface area (Å²) in [5.74, 6) is -1.55. The Labute approximate surface area is 116 Å². The molecule has 0 aliphatic carbocycles. The highest BCUT2D eigenvalue weighted by atomic mass is 19.4. The van der Waals surface area contributed by atoms with E-state index in [4.69, 9.17) is 0 Å². The van der Waals surface area contributed by atoms with Gasteiger partial charge in [-0.2, -0.15) is 13.2 Å². The lowest BCUT2D eigenvalue weighted by Gasteiger charge is -2.21. The normalized spacial score (nSPS) is 21.9. The molecule has 0 spiro atoms. The molecule has 0 bridgehead atoms. The molecule has 1 fully saturated rings. The quantitative estimate of drug-likeness (QED) is 0.790. The maximum absolute atomic E-state index is 12.6. The molecule has 0 amide bonds. The average Bonchev–Trinajstić information content (AvgIpc) is 2.87. The van der Waals surface area contributed by atoms with Crippen LogP contribution in [0.15, 0.2) is 30.3 Å². The number of likely N-dealkylation sites (tertiary alicyclic amines) is 1. The summed E-state index contributed by atoms with van der Waals surface area (Å²) in [4.78, 5) is 13.9. The van der Waals surface area contributed by atoms with Crippen LogP contribution in [0.25, 0.3) is 0 Å². The van der Waals surface area contributed by atoms with Crippen LogP contribution < -0.4 is 0 Å². The number of hydrogen-bond donors (Lipinski definition) is 0. The van der Waals surface area contributed by atoms with Gasteiger partial charge in [-0.3, -0.25) is 4.79 Å². The van der Waals surface area contributed by atoms with Gasteiger partial charge in [0, 0.05) is 24.6 Å². The summed E-state index contributed by atoms with van der Waals surface area (Å²) in [6.45, 7) is 2.59. The van der Waals surface area contributed by atoms with E-state index in [-0.39, 0.29) is 24.7 Å². The molecule has 1 aliphatic heterocycles. The molecular weight excluding hydrogens is 267 g/mol. The summed E-state index contributed by atoms with van der Waals surface area (Å²) in [7, 11) is 0. The lowest BCUT2D eigenvalue weighted by molar-refractivity contribution is -0.170. The largest absolute Gasteiger partial charge is 0.393 e. The first kappa shape index (κ1) is 15.0. The topological polar surface area (TPSA) is 20.3 Å². The van der Waals surface area contributed by atoms with E-state index in [1.807, 2.05) is 6.07 Å². The second-order valence-electron chi connectivity index (χ2n) is 5.42. The summed E-state index contributed by atoms with van der Waals surface area (Å²) < 4.78 is 37.8. The average molecular weight is 285 g/mol. The highest BCUT2D eigenvalue weighted by Gasteiger charge is 2.43. The first-order valence-electron chi connectivity index (χ1n) is 6.76. The van der Waals surface area contributed by atoms with Crippen LogP contribution in [-0.2, 0) is 0 Å². The van der Waals surface area contributed by atoms with E-state index in [0.717, 1.165) is 0 Å². The van der Waals surface area contributed by atoms with Crippen molar-refractivity contribution in [1.82, 2.24) is 4.90 Å². The molecule has 2 unspecified atom stereocenters. The van der Waals surface area contributed by atoms with E-state index < -0.39 is 12.1 Å². The number of halogens is 3. The molecule has 20 heavy (non-hydrogen) atoms. The van der Waals surface area contributed by atoms with Crippen LogP contribution >= 0.6 is 0 Å². The van der Waals surface area contributed by atoms with Gasteiger partial charge in [-0.15, -0.1) is 0 Å². The molecule has 1 aliphatic rings. The summed E-state index contributed by atoms with van der Waals surface area (Å²) >= 11 is 0. The third kappa shape index (κ3) is 3.60. The predicted molar refractivity (Wildman–Crippen MR) is 70.5 cm³/mol. The highest BCUT2D eigenvalue weighted by molar-refractivity contribution is 5.97. The second kappa shape index (κ2) is 5.95. The summed E-state index contributed by atoms with van der Waals surface area (Å²) in [6, 6.07) is 8.88. The van der Waals surface area contributed by atoms with Crippen molar-refractivity contribution in [1.29, 1.82) is 0 Å². The summed E-state index contributed by atoms with van der Waals surface area (Å²) in [6.07, 6.45) is -3.99. The van der Waals surface area contributed by atoms with Crippen LogP contribution in [0.2, 0.25) is 0 Å². The molecule has 0 radical (unpaired) electrons. The molecular formula is C15H18F3NO. The minimum Gasteiger partial charge on any atom is -0.302 e. The summed E-state index contributed by atoms with van der Waals surface area (Å²) in [5.41, 5.74) is 0.617. The van der Waals surface area contributed by atoms with E-state index in [0.29, 0.717) is 18.7 Å². The van der Waals surface area contributed by atoms with Crippen molar-refractivity contribution < 1.29 is 18.0 Å². The molecule has 2 rings (SSSR count). The monoisotopic (exact) mass is 285 g/mol. The molecule has 0 N–H and O–H groups in total. The molecule has 5 heteroatoms. The minimum atomic E-state index is -4.12. The summed E-state index contributed by atoms with van der Waals surface area (Å²) in [5, 5.41) is 0. The lowest BCUT2D eigenvalue weighted by atomic mass is 9.99. The van der Waals surface area contributed by atoms with E-state index in [2.05, 4.69) is 0 Å². The zero-order valence-corrected chi connectivity index (χ0v) is 11.4. The van der Waals surface area contributed by atoms with Crippen molar-refractivity contribution in [2.45, 2.75) is 19.5 Å². The van der Waals surface area contributed by atoms with Crippen molar-refractivity contribution in [2.75, 3.05) is 19.6 Å². The number of carbonyl (C=O) groups excluding carboxylic acids is 1. The van der Waals surface area contributed by atoms with Gasteiger partial charge in [0.05, 0.1) is 5.92 Å². The van der Waals surface area contributed by atoms with Gasteiger partial charge in [0.25, 0.3) is 0 Å². The van der Waals surface area contributed by atoms with Gasteiger partial charge in [-0.05, 0) is 13.0 Å². The molecule has 1 aromatic rings.